The standard InChI is InChI=1S/C15H18BrN2OS/c1-18(7-9-19-10-8-18)11-13-14(16)20-15(17-13)12-5-3-2-4-6-12/h2-6H,7-11H2,1H3/q+1. The van der Waals surface area contributed by atoms with Crippen molar-refractivity contribution < 1.29 is 9.22 Å². The fraction of sp³-hybridized carbons (Fsp3) is 0.400. The first-order chi connectivity index (χ1) is 9.66. The zero-order valence-corrected chi connectivity index (χ0v) is 13.9. The van der Waals surface area contributed by atoms with Gasteiger partial charge in [0.2, 0.25) is 0 Å². The Balaban J connectivity index is 1.82. The third-order valence-electron chi connectivity index (χ3n) is 3.75. The van der Waals surface area contributed by atoms with E-state index in [-0.39, 0.29) is 0 Å². The van der Waals surface area contributed by atoms with E-state index in [1.165, 1.54) is 11.3 Å². The molecule has 0 saturated carbocycles. The second-order valence-corrected chi connectivity index (χ2v) is 7.76. The van der Waals surface area contributed by atoms with E-state index in [0.29, 0.717) is 0 Å². The van der Waals surface area contributed by atoms with Crippen LogP contribution in [0.5, 0.6) is 0 Å². The number of quaternary nitrogens is 1. The number of morpholine rings is 1. The first kappa shape index (κ1) is 14.2. The van der Waals surface area contributed by atoms with Crippen LogP contribution in [0.15, 0.2) is 34.1 Å². The van der Waals surface area contributed by atoms with Gasteiger partial charge in [-0.25, -0.2) is 4.98 Å². The van der Waals surface area contributed by atoms with Gasteiger partial charge in [-0.3, -0.25) is 0 Å². The SMILES string of the molecule is C[N+]1(Cc2nc(-c3ccccc3)sc2Br)CCOCC1. The maximum absolute atomic E-state index is 5.46. The highest BCUT2D eigenvalue weighted by atomic mass is 79.9. The van der Waals surface area contributed by atoms with Crippen molar-refractivity contribution in [1.82, 2.24) is 4.98 Å². The highest BCUT2D eigenvalue weighted by Crippen LogP contribution is 2.33. The van der Waals surface area contributed by atoms with Gasteiger partial charge in [-0.05, 0) is 15.9 Å². The third kappa shape index (κ3) is 3.11. The molecule has 2 aromatic rings. The molecule has 0 amide bonds. The predicted octanol–water partition coefficient (Wildman–Crippen LogP) is 3.55. The Labute approximate surface area is 131 Å². The van der Waals surface area contributed by atoms with Gasteiger partial charge in [0.25, 0.3) is 0 Å². The summed E-state index contributed by atoms with van der Waals surface area (Å²) in [5.74, 6) is 0. The van der Waals surface area contributed by atoms with Crippen molar-refractivity contribution in [3.8, 4) is 10.6 Å². The topological polar surface area (TPSA) is 22.1 Å². The van der Waals surface area contributed by atoms with Crippen LogP contribution in [0.1, 0.15) is 5.69 Å². The van der Waals surface area contributed by atoms with Crippen LogP contribution in [0.2, 0.25) is 0 Å². The quantitative estimate of drug-likeness (QED) is 0.787. The van der Waals surface area contributed by atoms with Gasteiger partial charge in [-0.1, -0.05) is 30.3 Å². The number of rotatable bonds is 3. The van der Waals surface area contributed by atoms with E-state index < -0.39 is 0 Å². The van der Waals surface area contributed by atoms with Crippen molar-refractivity contribution in [2.75, 3.05) is 33.4 Å². The summed E-state index contributed by atoms with van der Waals surface area (Å²) in [6.45, 7) is 4.79. The Bertz CT molecular complexity index is 579. The van der Waals surface area contributed by atoms with Crippen LogP contribution in [0.4, 0.5) is 0 Å². The summed E-state index contributed by atoms with van der Waals surface area (Å²) >= 11 is 5.40. The largest absolute Gasteiger partial charge is 0.370 e. The molecule has 0 unspecified atom stereocenters. The van der Waals surface area contributed by atoms with Gasteiger partial charge in [-0.15, -0.1) is 11.3 Å². The van der Waals surface area contributed by atoms with Gasteiger partial charge >= 0.3 is 0 Å². The Kier molecular flexibility index (Phi) is 4.21. The van der Waals surface area contributed by atoms with Crippen molar-refractivity contribution in [1.29, 1.82) is 0 Å². The van der Waals surface area contributed by atoms with Crippen molar-refractivity contribution in [3.63, 3.8) is 0 Å². The van der Waals surface area contributed by atoms with Crippen molar-refractivity contribution in [2.45, 2.75) is 6.54 Å². The van der Waals surface area contributed by atoms with Crippen molar-refractivity contribution in [2.24, 2.45) is 0 Å². The number of nitrogens with zero attached hydrogens (tertiary/aromatic N) is 2. The van der Waals surface area contributed by atoms with Gasteiger partial charge < -0.3 is 9.22 Å². The molecule has 2 heterocycles. The smallest absolute Gasteiger partial charge is 0.124 e. The third-order valence-corrected chi connectivity index (χ3v) is 5.63. The van der Waals surface area contributed by atoms with Gasteiger partial charge in [-0.2, -0.15) is 0 Å². The molecule has 0 radical (unpaired) electrons. The molecule has 1 saturated heterocycles. The van der Waals surface area contributed by atoms with Crippen molar-refractivity contribution >= 4 is 27.3 Å². The van der Waals surface area contributed by atoms with E-state index in [4.69, 9.17) is 9.72 Å². The minimum atomic E-state index is 0.851. The molecule has 0 atom stereocenters. The highest BCUT2D eigenvalue weighted by Gasteiger charge is 2.28. The Morgan fingerprint density at radius 2 is 1.95 bits per heavy atom. The maximum atomic E-state index is 5.46. The molecule has 3 rings (SSSR count). The van der Waals surface area contributed by atoms with Gasteiger partial charge in [0.15, 0.2) is 0 Å². The number of benzene rings is 1. The number of likely N-dealkylation sites (N-methyl/N-ethyl adjacent to an activating group) is 1. The number of halogens is 1. The Hall–Kier alpha value is -0.750. The Morgan fingerprint density at radius 1 is 1.25 bits per heavy atom. The van der Waals surface area contributed by atoms with Crippen LogP contribution >= 0.6 is 27.3 Å². The van der Waals surface area contributed by atoms with E-state index in [0.717, 1.165) is 46.1 Å². The molecule has 1 aliphatic heterocycles. The van der Waals surface area contributed by atoms with E-state index in [9.17, 15) is 0 Å². The van der Waals surface area contributed by atoms with Crippen LogP contribution in [0.3, 0.4) is 0 Å². The normalized spacial score (nSPS) is 18.1. The summed E-state index contributed by atoms with van der Waals surface area (Å²) < 4.78 is 7.63. The summed E-state index contributed by atoms with van der Waals surface area (Å²) in [7, 11) is 2.29. The minimum Gasteiger partial charge on any atom is -0.370 e. The molecule has 0 aliphatic carbocycles. The van der Waals surface area contributed by atoms with E-state index in [1.807, 2.05) is 6.07 Å². The number of hydrogen-bond donors (Lipinski definition) is 0. The van der Waals surface area contributed by atoms with Gasteiger partial charge in [0.05, 0.1) is 24.0 Å². The number of thiazole rings is 1. The first-order valence-corrected chi connectivity index (χ1v) is 8.39. The zero-order valence-electron chi connectivity index (χ0n) is 11.5. The number of ether oxygens (including phenoxy) is 1. The van der Waals surface area contributed by atoms with Crippen LogP contribution in [-0.4, -0.2) is 42.8 Å². The summed E-state index contributed by atoms with van der Waals surface area (Å²) in [6, 6.07) is 10.4. The molecule has 1 aromatic heterocycles. The van der Waals surface area contributed by atoms with E-state index in [2.05, 4.69) is 47.2 Å². The molecule has 0 N–H and O–H groups in total. The average Bonchev–Trinajstić information content (AvgIpc) is 2.81. The molecular formula is C15H18BrN2OS+. The number of aromatic nitrogens is 1. The molecule has 0 spiro atoms. The maximum Gasteiger partial charge on any atom is 0.124 e. The van der Waals surface area contributed by atoms with E-state index >= 15 is 0 Å². The zero-order chi connectivity index (χ0) is 14.0. The molecule has 1 aromatic carbocycles. The predicted molar refractivity (Wildman–Crippen MR) is 85.7 cm³/mol. The van der Waals surface area contributed by atoms with Crippen molar-refractivity contribution in [3.05, 3.63) is 39.8 Å². The second kappa shape index (κ2) is 5.93. The average molecular weight is 354 g/mol. The monoisotopic (exact) mass is 353 g/mol. The summed E-state index contributed by atoms with van der Waals surface area (Å²) in [5, 5.41) is 1.09. The molecule has 5 heteroatoms. The molecule has 1 aliphatic rings. The van der Waals surface area contributed by atoms with Crippen LogP contribution in [0, 0.1) is 0 Å². The van der Waals surface area contributed by atoms with Gasteiger partial charge in [0, 0.05) is 5.56 Å². The molecule has 1 fully saturated rings. The number of hydrogen-bond acceptors (Lipinski definition) is 3. The summed E-state index contributed by atoms with van der Waals surface area (Å²) in [5.41, 5.74) is 2.35. The second-order valence-electron chi connectivity index (χ2n) is 5.44. The molecule has 106 valence electrons. The lowest BCUT2D eigenvalue weighted by Crippen LogP contribution is -2.51. The lowest BCUT2D eigenvalue weighted by atomic mass is 10.2. The minimum absolute atomic E-state index is 0.851. The molecular weight excluding hydrogens is 336 g/mol. The molecule has 20 heavy (non-hydrogen) atoms. The van der Waals surface area contributed by atoms with Gasteiger partial charge in [0.1, 0.15) is 30.3 Å². The summed E-state index contributed by atoms with van der Waals surface area (Å²) in [4.78, 5) is 4.83. The Morgan fingerprint density at radius 3 is 2.65 bits per heavy atom. The highest BCUT2D eigenvalue weighted by molar-refractivity contribution is 9.11. The van der Waals surface area contributed by atoms with E-state index in [1.54, 1.807) is 11.3 Å². The van der Waals surface area contributed by atoms with Crippen LogP contribution in [-0.2, 0) is 11.3 Å². The lowest BCUT2D eigenvalue weighted by Gasteiger charge is -2.37. The van der Waals surface area contributed by atoms with Crippen LogP contribution in [0.25, 0.3) is 10.6 Å². The van der Waals surface area contributed by atoms with Crippen LogP contribution < -0.4 is 0 Å². The fourth-order valence-corrected chi connectivity index (χ4v) is 3.92. The first-order valence-electron chi connectivity index (χ1n) is 6.78. The molecule has 3 nitrogen and oxygen atoms in total. The summed E-state index contributed by atoms with van der Waals surface area (Å²) in [6.07, 6.45) is 0. The fourth-order valence-electron chi connectivity index (χ4n) is 2.44. The lowest BCUT2D eigenvalue weighted by molar-refractivity contribution is -0.929. The molecule has 0 bridgehead atoms.